The molecule has 4 heteroatoms. The minimum Gasteiger partial charge on any atom is -0.378 e. The summed E-state index contributed by atoms with van der Waals surface area (Å²) < 4.78 is 5.92. The van der Waals surface area contributed by atoms with E-state index in [0.29, 0.717) is 24.4 Å². The first-order valence-electron chi connectivity index (χ1n) is 10.0. The van der Waals surface area contributed by atoms with Crippen molar-refractivity contribution in [3.8, 4) is 0 Å². The lowest BCUT2D eigenvalue weighted by atomic mass is 9.61. The van der Waals surface area contributed by atoms with Gasteiger partial charge in [0.2, 0.25) is 5.91 Å². The van der Waals surface area contributed by atoms with Crippen LogP contribution in [0.4, 0.5) is 0 Å². The fraction of sp³-hybridized carbons (Fsp3) is 0.591. The van der Waals surface area contributed by atoms with Gasteiger partial charge in [-0.3, -0.25) is 4.79 Å². The highest BCUT2D eigenvalue weighted by Gasteiger charge is 2.55. The number of nitrogens with zero attached hydrogens (tertiary/aromatic N) is 1. The number of fused-ring (bicyclic) bond motifs is 1. The van der Waals surface area contributed by atoms with Gasteiger partial charge in [-0.1, -0.05) is 25.1 Å². The molecular formula is C22H28N2O2. The molecule has 1 amide bonds. The molecule has 3 heterocycles. The van der Waals surface area contributed by atoms with E-state index in [4.69, 9.17) is 4.74 Å². The molecule has 2 aliphatic carbocycles. The zero-order chi connectivity index (χ0) is 17.9. The van der Waals surface area contributed by atoms with Crippen LogP contribution in [0.2, 0.25) is 0 Å². The molecule has 4 nitrogen and oxygen atoms in total. The number of hydrogen-bond donors (Lipinski definition) is 1. The Morgan fingerprint density at radius 1 is 1.27 bits per heavy atom. The highest BCUT2D eigenvalue weighted by molar-refractivity contribution is 5.85. The SMILES string of the molecule is COC12CC3CC(C1)N(C(=O)CC(C)c1c[nH]c4ccccc14)C(C3)C2. The quantitative estimate of drug-likeness (QED) is 0.895. The van der Waals surface area contributed by atoms with Crippen molar-refractivity contribution in [2.45, 2.75) is 69.1 Å². The standard InChI is InChI=1S/C22H28N2O2/c1-14(19-13-23-20-6-4-3-5-18(19)20)7-21(25)24-16-8-15-9-17(24)12-22(10-15,11-16)26-2/h3-6,13-17,23H,7-12H2,1-2H3. The third-order valence-electron chi connectivity index (χ3n) is 7.23. The zero-order valence-electron chi connectivity index (χ0n) is 15.7. The smallest absolute Gasteiger partial charge is 0.223 e. The molecule has 2 aromatic rings. The minimum atomic E-state index is 0.0513. The molecule has 2 saturated carbocycles. The maximum Gasteiger partial charge on any atom is 0.223 e. The topological polar surface area (TPSA) is 45.3 Å². The lowest BCUT2D eigenvalue weighted by molar-refractivity contribution is -0.183. The molecule has 4 aliphatic rings. The van der Waals surface area contributed by atoms with E-state index in [2.05, 4.69) is 41.2 Å². The van der Waals surface area contributed by atoms with Crippen LogP contribution < -0.4 is 0 Å². The third-order valence-corrected chi connectivity index (χ3v) is 7.23. The summed E-state index contributed by atoms with van der Waals surface area (Å²) in [6.45, 7) is 2.18. The van der Waals surface area contributed by atoms with E-state index >= 15 is 0 Å². The average Bonchev–Trinajstić information content (AvgIpc) is 3.05. The number of piperidine rings is 2. The molecular weight excluding hydrogens is 324 g/mol. The summed E-state index contributed by atoms with van der Waals surface area (Å²) in [5.41, 5.74) is 2.46. The summed E-state index contributed by atoms with van der Waals surface area (Å²) in [4.78, 5) is 18.8. The summed E-state index contributed by atoms with van der Waals surface area (Å²) in [6.07, 6.45) is 8.29. The lowest BCUT2D eigenvalue weighted by Gasteiger charge is -2.61. The number of H-pyrrole nitrogens is 1. The highest BCUT2D eigenvalue weighted by Crippen LogP contribution is 2.53. The number of benzene rings is 1. The van der Waals surface area contributed by atoms with Crippen molar-refractivity contribution in [3.05, 3.63) is 36.0 Å². The third kappa shape index (κ3) is 2.42. The van der Waals surface area contributed by atoms with Crippen molar-refractivity contribution >= 4 is 16.8 Å². The van der Waals surface area contributed by atoms with Crippen LogP contribution in [0.25, 0.3) is 10.9 Å². The molecule has 1 aromatic carbocycles. The molecule has 0 radical (unpaired) electrons. The number of aromatic nitrogens is 1. The number of amides is 1. The van der Waals surface area contributed by atoms with Gasteiger partial charge >= 0.3 is 0 Å². The number of nitrogens with one attached hydrogen (secondary N) is 1. The van der Waals surface area contributed by atoms with Crippen LogP contribution in [0.15, 0.2) is 30.5 Å². The van der Waals surface area contributed by atoms with Crippen molar-refractivity contribution in [1.29, 1.82) is 0 Å². The average molecular weight is 352 g/mol. The van der Waals surface area contributed by atoms with Gasteiger partial charge in [0.1, 0.15) is 0 Å². The zero-order valence-corrected chi connectivity index (χ0v) is 15.7. The Morgan fingerprint density at radius 2 is 2.00 bits per heavy atom. The first-order chi connectivity index (χ1) is 12.6. The number of methoxy groups -OCH3 is 1. The Labute approximate surface area is 154 Å². The molecule has 3 atom stereocenters. The summed E-state index contributed by atoms with van der Waals surface area (Å²) in [6, 6.07) is 9.14. The molecule has 4 fully saturated rings. The van der Waals surface area contributed by atoms with Gasteiger partial charge in [0.05, 0.1) is 5.60 Å². The maximum atomic E-state index is 13.2. The van der Waals surface area contributed by atoms with E-state index in [9.17, 15) is 4.79 Å². The second kappa shape index (κ2) is 5.85. The number of aromatic amines is 1. The van der Waals surface area contributed by atoms with E-state index in [1.807, 2.05) is 13.2 Å². The molecule has 3 unspecified atom stereocenters. The predicted molar refractivity (Wildman–Crippen MR) is 102 cm³/mol. The Kier molecular flexibility index (Phi) is 3.68. The molecule has 4 bridgehead atoms. The van der Waals surface area contributed by atoms with Gasteiger partial charge in [-0.05, 0) is 55.6 Å². The largest absolute Gasteiger partial charge is 0.378 e. The predicted octanol–water partition coefficient (Wildman–Crippen LogP) is 4.22. The van der Waals surface area contributed by atoms with Crippen LogP contribution in [0.1, 0.15) is 56.9 Å². The fourth-order valence-electron chi connectivity index (χ4n) is 6.19. The number of ether oxygens (including phenoxy) is 1. The van der Waals surface area contributed by atoms with Gasteiger partial charge in [0.15, 0.2) is 0 Å². The van der Waals surface area contributed by atoms with Gasteiger partial charge in [0.25, 0.3) is 0 Å². The molecule has 138 valence electrons. The Bertz CT molecular complexity index is 826. The molecule has 6 rings (SSSR count). The number of carbonyl (C=O) groups is 1. The number of rotatable bonds is 4. The summed E-state index contributed by atoms with van der Waals surface area (Å²) in [5.74, 6) is 1.32. The van der Waals surface area contributed by atoms with E-state index in [0.717, 1.165) is 24.3 Å². The second-order valence-corrected chi connectivity index (χ2v) is 8.84. The maximum absolute atomic E-state index is 13.2. The number of carbonyl (C=O) groups excluding carboxylic acids is 1. The van der Waals surface area contributed by atoms with Crippen LogP contribution in [0.3, 0.4) is 0 Å². The monoisotopic (exact) mass is 352 g/mol. The van der Waals surface area contributed by atoms with E-state index < -0.39 is 0 Å². The lowest BCUT2D eigenvalue weighted by Crippen LogP contribution is -2.66. The highest BCUT2D eigenvalue weighted by atomic mass is 16.5. The van der Waals surface area contributed by atoms with Gasteiger partial charge in [-0.25, -0.2) is 0 Å². The van der Waals surface area contributed by atoms with Crippen molar-refractivity contribution in [2.24, 2.45) is 5.92 Å². The first kappa shape index (κ1) is 16.4. The number of para-hydroxylation sites is 1. The minimum absolute atomic E-state index is 0.0513. The molecule has 1 N–H and O–H groups in total. The Morgan fingerprint density at radius 3 is 2.73 bits per heavy atom. The van der Waals surface area contributed by atoms with E-state index in [-0.39, 0.29) is 11.5 Å². The normalized spacial score (nSPS) is 33.8. The van der Waals surface area contributed by atoms with Crippen LogP contribution in [0, 0.1) is 5.92 Å². The van der Waals surface area contributed by atoms with Crippen molar-refractivity contribution in [3.63, 3.8) is 0 Å². The summed E-state index contributed by atoms with van der Waals surface area (Å²) >= 11 is 0. The summed E-state index contributed by atoms with van der Waals surface area (Å²) in [7, 11) is 1.86. The molecule has 1 aromatic heterocycles. The summed E-state index contributed by atoms with van der Waals surface area (Å²) in [5, 5.41) is 1.24. The van der Waals surface area contributed by atoms with Crippen LogP contribution in [0.5, 0.6) is 0 Å². The molecule has 2 aliphatic heterocycles. The van der Waals surface area contributed by atoms with E-state index in [1.165, 1.54) is 30.2 Å². The molecule has 2 saturated heterocycles. The van der Waals surface area contributed by atoms with E-state index in [1.54, 1.807) is 0 Å². The van der Waals surface area contributed by atoms with Crippen LogP contribution in [-0.4, -0.2) is 40.6 Å². The Hall–Kier alpha value is -1.81. The van der Waals surface area contributed by atoms with Crippen molar-refractivity contribution in [2.75, 3.05) is 7.11 Å². The fourth-order valence-corrected chi connectivity index (χ4v) is 6.19. The van der Waals surface area contributed by atoms with Gasteiger partial charge in [-0.15, -0.1) is 0 Å². The number of hydrogen-bond acceptors (Lipinski definition) is 2. The second-order valence-electron chi connectivity index (χ2n) is 8.84. The van der Waals surface area contributed by atoms with Gasteiger partial charge in [-0.2, -0.15) is 0 Å². The molecule has 0 spiro atoms. The van der Waals surface area contributed by atoms with Crippen molar-refractivity contribution in [1.82, 2.24) is 9.88 Å². The van der Waals surface area contributed by atoms with Crippen LogP contribution in [-0.2, 0) is 9.53 Å². The Balaban J connectivity index is 1.35. The van der Waals surface area contributed by atoms with Gasteiger partial charge < -0.3 is 14.6 Å². The van der Waals surface area contributed by atoms with Crippen molar-refractivity contribution < 1.29 is 9.53 Å². The molecule has 26 heavy (non-hydrogen) atoms. The first-order valence-corrected chi connectivity index (χ1v) is 10.0. The van der Waals surface area contributed by atoms with Gasteiger partial charge in [0, 0.05) is 42.7 Å². The van der Waals surface area contributed by atoms with Crippen LogP contribution >= 0.6 is 0 Å².